The first-order valence-electron chi connectivity index (χ1n) is 23.9. The molecule has 0 saturated heterocycles. The lowest BCUT2D eigenvalue weighted by molar-refractivity contribution is 0.987. The molecule has 0 N–H and O–H groups in total. The summed E-state index contributed by atoms with van der Waals surface area (Å²) in [7, 11) is 0. The summed E-state index contributed by atoms with van der Waals surface area (Å²) in [6.07, 6.45) is 11.7. The highest BCUT2D eigenvalue weighted by atomic mass is 32.2. The lowest BCUT2D eigenvalue weighted by atomic mass is 9.98. The fourth-order valence-corrected chi connectivity index (χ4v) is 13.7. The molecule has 8 aromatic heterocycles. The minimum absolute atomic E-state index is 0.770. The minimum Gasteiger partial charge on any atom is -0.305 e. The van der Waals surface area contributed by atoms with Crippen molar-refractivity contribution in [3.8, 4) is 28.3 Å². The first-order chi connectivity index (χ1) is 35.8. The second kappa shape index (κ2) is 15.2. The van der Waals surface area contributed by atoms with Gasteiger partial charge in [0.15, 0.2) is 11.6 Å². The number of aromatic nitrogens is 7. The van der Waals surface area contributed by atoms with E-state index in [9.17, 15) is 0 Å². The van der Waals surface area contributed by atoms with Gasteiger partial charge in [0.25, 0.3) is 0 Å². The molecule has 1 aliphatic rings. The summed E-state index contributed by atoms with van der Waals surface area (Å²) < 4.78 is 9.78. The standard InChI is InChI=1S/C62H36N8S2/c1-5-17-46-38(13-1)43-34-63-30-27-49(43)67(46)59-58(37-25-26-55-42(33-37)41-16-4-10-22-54(41)71-55)60(68-47-18-6-2-14-39(47)44-35-64-31-28-50(44)68)62(70-52-20-8-11-23-56(52)72-57-24-12-9-21-53(57)70)66-61(59)69-48-19-7-3-15-40(48)45-36-65-32-29-51(45)69/h1-36H. The van der Waals surface area contributed by atoms with E-state index < -0.39 is 0 Å². The third kappa shape index (κ3) is 5.53. The van der Waals surface area contributed by atoms with Gasteiger partial charge in [0.2, 0.25) is 0 Å². The Morgan fingerprint density at radius 1 is 0.347 bits per heavy atom. The number of pyridine rings is 4. The molecular formula is C62H36N8S2. The fraction of sp³-hybridized carbons (Fsp3) is 0. The maximum atomic E-state index is 6.35. The zero-order valence-electron chi connectivity index (χ0n) is 38.2. The number of benzene rings is 7. The van der Waals surface area contributed by atoms with E-state index in [0.29, 0.717) is 0 Å². The normalized spacial score (nSPS) is 12.6. The quantitative estimate of drug-likeness (QED) is 0.171. The molecule has 0 amide bonds. The molecule has 0 fully saturated rings. The Morgan fingerprint density at radius 2 is 0.792 bits per heavy atom. The molecule has 0 radical (unpaired) electrons. The Hall–Kier alpha value is -9.09. The van der Waals surface area contributed by atoms with E-state index in [4.69, 9.17) is 19.9 Å². The van der Waals surface area contributed by atoms with Crippen molar-refractivity contribution in [3.63, 3.8) is 0 Å². The fourth-order valence-electron chi connectivity index (χ4n) is 11.5. The van der Waals surface area contributed by atoms with Gasteiger partial charge in [-0.05, 0) is 84.4 Å². The highest BCUT2D eigenvalue weighted by molar-refractivity contribution is 7.99. The van der Waals surface area contributed by atoms with Crippen molar-refractivity contribution in [1.82, 2.24) is 33.6 Å². The third-order valence-corrected chi connectivity index (χ3v) is 16.8. The lowest BCUT2D eigenvalue weighted by Gasteiger charge is -2.35. The zero-order valence-corrected chi connectivity index (χ0v) is 39.8. The highest BCUT2D eigenvalue weighted by Gasteiger charge is 2.36. The van der Waals surface area contributed by atoms with Crippen molar-refractivity contribution < 1.29 is 0 Å². The molecular weight excluding hydrogens is 921 g/mol. The van der Waals surface area contributed by atoms with Gasteiger partial charge in [-0.2, -0.15) is 0 Å². The molecule has 72 heavy (non-hydrogen) atoms. The molecule has 8 nitrogen and oxygen atoms in total. The van der Waals surface area contributed by atoms with E-state index in [0.717, 1.165) is 121 Å². The van der Waals surface area contributed by atoms with E-state index in [1.165, 1.54) is 20.2 Å². The predicted molar refractivity (Wildman–Crippen MR) is 298 cm³/mol. The number of hydrogen-bond acceptors (Lipinski definition) is 7. The van der Waals surface area contributed by atoms with Crippen LogP contribution in [-0.2, 0) is 0 Å². The molecule has 0 bridgehead atoms. The average Bonchev–Trinajstić information content (AvgIpc) is 4.18. The van der Waals surface area contributed by atoms with Crippen LogP contribution in [0.2, 0.25) is 0 Å². The average molecular weight is 957 g/mol. The third-order valence-electron chi connectivity index (χ3n) is 14.5. The second-order valence-electron chi connectivity index (χ2n) is 18.2. The van der Waals surface area contributed by atoms with E-state index in [2.05, 4.69) is 201 Å². The number of para-hydroxylation sites is 5. The molecule has 16 rings (SSSR count). The van der Waals surface area contributed by atoms with Crippen molar-refractivity contribution in [2.45, 2.75) is 9.79 Å². The first kappa shape index (κ1) is 39.7. The smallest absolute Gasteiger partial charge is 0.165 e. The Morgan fingerprint density at radius 3 is 1.38 bits per heavy atom. The van der Waals surface area contributed by atoms with Crippen LogP contribution in [0.15, 0.2) is 229 Å². The van der Waals surface area contributed by atoms with Gasteiger partial charge >= 0.3 is 0 Å². The summed E-state index contributed by atoms with van der Waals surface area (Å²) in [6, 6.07) is 65.9. The van der Waals surface area contributed by atoms with Gasteiger partial charge in [-0.1, -0.05) is 115 Å². The van der Waals surface area contributed by atoms with Crippen molar-refractivity contribution in [2.24, 2.45) is 0 Å². The maximum Gasteiger partial charge on any atom is 0.165 e. The maximum absolute atomic E-state index is 6.35. The molecule has 336 valence electrons. The van der Waals surface area contributed by atoms with Crippen LogP contribution < -0.4 is 4.90 Å². The van der Waals surface area contributed by atoms with Crippen molar-refractivity contribution in [1.29, 1.82) is 0 Å². The zero-order chi connectivity index (χ0) is 47.0. The Labute approximate surface area is 419 Å². The van der Waals surface area contributed by atoms with Gasteiger partial charge in [0.1, 0.15) is 11.4 Å². The summed E-state index contributed by atoms with van der Waals surface area (Å²) in [5.41, 5.74) is 12.2. The van der Waals surface area contributed by atoms with E-state index >= 15 is 0 Å². The van der Waals surface area contributed by atoms with Crippen LogP contribution in [-0.4, -0.2) is 33.6 Å². The van der Waals surface area contributed by atoms with Crippen molar-refractivity contribution >= 4 is 126 Å². The van der Waals surface area contributed by atoms with Crippen LogP contribution in [0.25, 0.3) is 114 Å². The highest BCUT2D eigenvalue weighted by Crippen LogP contribution is 2.56. The summed E-state index contributed by atoms with van der Waals surface area (Å²) in [6.45, 7) is 0. The molecule has 15 aromatic rings. The Kier molecular flexibility index (Phi) is 8.39. The van der Waals surface area contributed by atoms with Gasteiger partial charge in [0.05, 0.1) is 44.5 Å². The molecule has 10 heteroatoms. The number of thiophene rings is 1. The topological polar surface area (TPSA) is 69.6 Å². The van der Waals surface area contributed by atoms with Gasteiger partial charge < -0.3 is 9.13 Å². The molecule has 0 saturated carbocycles. The molecule has 9 heterocycles. The Bertz CT molecular complexity index is 4570. The van der Waals surface area contributed by atoms with Crippen molar-refractivity contribution in [3.05, 3.63) is 219 Å². The lowest BCUT2D eigenvalue weighted by Crippen LogP contribution is -2.21. The van der Waals surface area contributed by atoms with Crippen LogP contribution in [0.1, 0.15) is 0 Å². The monoisotopic (exact) mass is 956 g/mol. The molecule has 0 aliphatic carbocycles. The van der Waals surface area contributed by atoms with Crippen LogP contribution in [0, 0.1) is 0 Å². The molecule has 1 aliphatic heterocycles. The van der Waals surface area contributed by atoms with Crippen molar-refractivity contribution in [2.75, 3.05) is 4.90 Å². The van der Waals surface area contributed by atoms with Crippen LogP contribution in [0.3, 0.4) is 0 Å². The number of anilines is 3. The second-order valence-corrected chi connectivity index (χ2v) is 20.4. The minimum atomic E-state index is 0.770. The van der Waals surface area contributed by atoms with Crippen LogP contribution in [0.5, 0.6) is 0 Å². The van der Waals surface area contributed by atoms with Gasteiger partial charge in [0, 0.05) is 105 Å². The van der Waals surface area contributed by atoms with Gasteiger partial charge in [-0.3, -0.25) is 24.4 Å². The SMILES string of the molecule is c1ccc2c(c1)Sc1ccccc1N2c1nc(-n2c3ccccc3c3cnccc32)c(-n2c3ccccc3c3cnccc32)c(-c2ccc3sc4ccccc4c3c2)c1-n1c2ccccc2c2cnccc21. The Balaban J connectivity index is 1.22. The molecule has 0 atom stereocenters. The van der Waals surface area contributed by atoms with E-state index in [1.54, 1.807) is 11.8 Å². The molecule has 0 spiro atoms. The van der Waals surface area contributed by atoms with Gasteiger partial charge in [-0.25, -0.2) is 4.98 Å². The van der Waals surface area contributed by atoms with Gasteiger partial charge in [-0.15, -0.1) is 11.3 Å². The molecule has 0 unspecified atom stereocenters. The van der Waals surface area contributed by atoms with Crippen LogP contribution in [0.4, 0.5) is 17.2 Å². The van der Waals surface area contributed by atoms with E-state index in [-0.39, 0.29) is 0 Å². The number of nitrogens with zero attached hydrogens (tertiary/aromatic N) is 8. The first-order valence-corrected chi connectivity index (χ1v) is 25.6. The number of hydrogen-bond donors (Lipinski definition) is 0. The summed E-state index contributed by atoms with van der Waals surface area (Å²) in [5.74, 6) is 1.55. The predicted octanol–water partition coefficient (Wildman–Crippen LogP) is 16.5. The summed E-state index contributed by atoms with van der Waals surface area (Å²) in [5, 5.41) is 8.90. The largest absolute Gasteiger partial charge is 0.305 e. The number of rotatable bonds is 5. The summed E-state index contributed by atoms with van der Waals surface area (Å²) in [4.78, 5) is 25.3. The summed E-state index contributed by atoms with van der Waals surface area (Å²) >= 11 is 3.63. The number of fused-ring (bicyclic) bond motifs is 14. The van der Waals surface area contributed by atoms with E-state index in [1.807, 2.05) is 48.5 Å². The molecule has 7 aromatic carbocycles. The van der Waals surface area contributed by atoms with Crippen LogP contribution >= 0.6 is 23.1 Å².